The fourth-order valence-electron chi connectivity index (χ4n) is 1.30. The number of rotatable bonds is 5. The molecule has 0 bridgehead atoms. The number of methoxy groups -OCH3 is 3. The van der Waals surface area contributed by atoms with Gasteiger partial charge in [0.2, 0.25) is 0 Å². The number of carbonyl (C=O) groups is 2. The van der Waals surface area contributed by atoms with Crippen molar-refractivity contribution in [2.45, 2.75) is 7.43 Å². The molecule has 0 atom stereocenters. The van der Waals surface area contributed by atoms with Gasteiger partial charge in [0.25, 0.3) is 5.91 Å². The maximum absolute atomic E-state index is 11.7. The summed E-state index contributed by atoms with van der Waals surface area (Å²) in [6, 6.07) is 4.73. The van der Waals surface area contributed by atoms with Gasteiger partial charge in [-0.2, -0.15) is 0 Å². The molecule has 6 nitrogen and oxygen atoms in total. The maximum atomic E-state index is 11.7. The van der Waals surface area contributed by atoms with Crippen LogP contribution in [0.2, 0.25) is 0 Å². The lowest BCUT2D eigenvalue weighted by Gasteiger charge is -2.09. The number of carbonyl (C=O) groups excluding carboxylic acids is 2. The van der Waals surface area contributed by atoms with Gasteiger partial charge in [0.1, 0.15) is 6.54 Å². The average molecular weight is 269 g/mol. The van der Waals surface area contributed by atoms with E-state index in [1.165, 1.54) is 27.4 Å². The lowest BCUT2D eigenvalue weighted by Crippen LogP contribution is -2.30. The van der Waals surface area contributed by atoms with Gasteiger partial charge in [0, 0.05) is 5.56 Å². The molecule has 1 rings (SSSR count). The highest BCUT2D eigenvalue weighted by molar-refractivity contribution is 5.96. The van der Waals surface area contributed by atoms with Gasteiger partial charge in [0.15, 0.2) is 11.5 Å². The highest BCUT2D eigenvalue weighted by Gasteiger charge is 2.11. The van der Waals surface area contributed by atoms with Gasteiger partial charge in [-0.1, -0.05) is 7.43 Å². The highest BCUT2D eigenvalue weighted by atomic mass is 16.5. The summed E-state index contributed by atoms with van der Waals surface area (Å²) in [4.78, 5) is 22.6. The van der Waals surface area contributed by atoms with Gasteiger partial charge < -0.3 is 19.5 Å². The van der Waals surface area contributed by atoms with Crippen molar-refractivity contribution in [2.24, 2.45) is 0 Å². The molecule has 0 saturated heterocycles. The van der Waals surface area contributed by atoms with E-state index >= 15 is 0 Å². The number of hydrogen-bond donors (Lipinski definition) is 1. The largest absolute Gasteiger partial charge is 0.493 e. The number of hydrogen-bond acceptors (Lipinski definition) is 5. The van der Waals surface area contributed by atoms with Crippen LogP contribution in [0.4, 0.5) is 0 Å². The van der Waals surface area contributed by atoms with Gasteiger partial charge in [-0.25, -0.2) is 0 Å². The Labute approximate surface area is 112 Å². The summed E-state index contributed by atoms with van der Waals surface area (Å²) in [5.74, 6) is 0.0791. The molecule has 0 aromatic heterocycles. The lowest BCUT2D eigenvalue weighted by atomic mass is 10.2. The molecule has 0 unspecified atom stereocenters. The van der Waals surface area contributed by atoms with Crippen LogP contribution in [-0.2, 0) is 9.53 Å². The molecule has 0 fully saturated rings. The molecule has 1 aromatic rings. The first kappa shape index (κ1) is 16.8. The predicted molar refractivity (Wildman–Crippen MR) is 70.6 cm³/mol. The summed E-state index contributed by atoms with van der Waals surface area (Å²) in [7, 11) is 4.24. The fraction of sp³-hybridized carbons (Fsp3) is 0.385. The second-order valence-corrected chi connectivity index (χ2v) is 3.33. The number of ether oxygens (including phenoxy) is 3. The second-order valence-electron chi connectivity index (χ2n) is 3.33. The van der Waals surface area contributed by atoms with Crippen molar-refractivity contribution in [3.63, 3.8) is 0 Å². The Kier molecular flexibility index (Phi) is 7.03. The minimum Gasteiger partial charge on any atom is -0.493 e. The Morgan fingerprint density at radius 3 is 2.26 bits per heavy atom. The molecule has 0 radical (unpaired) electrons. The van der Waals surface area contributed by atoms with Crippen LogP contribution < -0.4 is 14.8 Å². The molecule has 0 spiro atoms. The van der Waals surface area contributed by atoms with Gasteiger partial charge in [-0.05, 0) is 18.2 Å². The molecule has 106 valence electrons. The van der Waals surface area contributed by atoms with Gasteiger partial charge in [-0.3, -0.25) is 9.59 Å². The van der Waals surface area contributed by atoms with E-state index in [2.05, 4.69) is 10.1 Å². The van der Waals surface area contributed by atoms with Gasteiger partial charge >= 0.3 is 5.97 Å². The summed E-state index contributed by atoms with van der Waals surface area (Å²) < 4.78 is 14.6. The number of nitrogens with one attached hydrogen (secondary N) is 1. The van der Waals surface area contributed by atoms with Crippen molar-refractivity contribution in [3.05, 3.63) is 23.8 Å². The SMILES string of the molecule is C.COC(=O)CNC(=O)c1ccc(OC)c(OC)c1. The smallest absolute Gasteiger partial charge is 0.325 e. The summed E-state index contributed by atoms with van der Waals surface area (Å²) in [6.45, 7) is -0.177. The monoisotopic (exact) mass is 269 g/mol. The molecule has 0 aliphatic heterocycles. The standard InChI is InChI=1S/C12H15NO5.CH4/c1-16-9-5-4-8(6-10(9)17-2)12(15)13-7-11(14)18-3;/h4-6H,7H2,1-3H3,(H,13,15);1H4. The quantitative estimate of drug-likeness (QED) is 0.814. The Morgan fingerprint density at radius 1 is 1.11 bits per heavy atom. The van der Waals surface area contributed by atoms with Crippen LogP contribution in [0.3, 0.4) is 0 Å². The summed E-state index contributed by atoms with van der Waals surface area (Å²) >= 11 is 0. The Hall–Kier alpha value is -2.24. The Balaban J connectivity index is 0.00000324. The van der Waals surface area contributed by atoms with Crippen LogP contribution in [0.1, 0.15) is 17.8 Å². The third kappa shape index (κ3) is 4.50. The van der Waals surface area contributed by atoms with Crippen LogP contribution in [0, 0.1) is 0 Å². The Morgan fingerprint density at radius 2 is 1.74 bits per heavy atom. The van der Waals surface area contributed by atoms with E-state index in [9.17, 15) is 9.59 Å². The fourth-order valence-corrected chi connectivity index (χ4v) is 1.30. The molecule has 0 heterocycles. The Bertz CT molecular complexity index is 445. The maximum Gasteiger partial charge on any atom is 0.325 e. The predicted octanol–water partition coefficient (Wildman–Crippen LogP) is 1.24. The first-order chi connectivity index (χ1) is 8.62. The van der Waals surface area contributed by atoms with Crippen molar-refractivity contribution in [2.75, 3.05) is 27.9 Å². The van der Waals surface area contributed by atoms with Gasteiger partial charge in [0.05, 0.1) is 21.3 Å². The van der Waals surface area contributed by atoms with E-state index in [0.29, 0.717) is 17.1 Å². The van der Waals surface area contributed by atoms with E-state index in [1.807, 2.05) is 0 Å². The van der Waals surface area contributed by atoms with Crippen molar-refractivity contribution in [3.8, 4) is 11.5 Å². The number of esters is 1. The van der Waals surface area contributed by atoms with Crippen LogP contribution in [-0.4, -0.2) is 39.8 Å². The number of amides is 1. The molecule has 1 aromatic carbocycles. The summed E-state index contributed by atoms with van der Waals surface area (Å²) in [5, 5.41) is 2.43. The zero-order valence-electron chi connectivity index (χ0n) is 10.5. The molecule has 0 aliphatic rings. The van der Waals surface area contributed by atoms with Crippen LogP contribution in [0.15, 0.2) is 18.2 Å². The van der Waals surface area contributed by atoms with E-state index in [0.717, 1.165) is 0 Å². The van der Waals surface area contributed by atoms with Crippen LogP contribution in [0.25, 0.3) is 0 Å². The molecule has 1 amide bonds. The summed E-state index contributed by atoms with van der Waals surface area (Å²) in [6.07, 6.45) is 0. The molecule has 1 N–H and O–H groups in total. The van der Waals surface area contributed by atoms with Crippen LogP contribution >= 0.6 is 0 Å². The molecule has 0 saturated carbocycles. The average Bonchev–Trinajstić information content (AvgIpc) is 2.43. The highest BCUT2D eigenvalue weighted by Crippen LogP contribution is 2.27. The van der Waals surface area contributed by atoms with Crippen LogP contribution in [0.5, 0.6) is 11.5 Å². The van der Waals surface area contributed by atoms with Crippen molar-refractivity contribution in [1.29, 1.82) is 0 Å². The molecule has 0 aliphatic carbocycles. The first-order valence-electron chi connectivity index (χ1n) is 5.19. The summed E-state index contributed by atoms with van der Waals surface area (Å²) in [5.41, 5.74) is 0.372. The molecule has 19 heavy (non-hydrogen) atoms. The van der Waals surface area contributed by atoms with Crippen molar-refractivity contribution >= 4 is 11.9 Å². The third-order valence-corrected chi connectivity index (χ3v) is 2.27. The number of benzene rings is 1. The van der Waals surface area contributed by atoms with E-state index < -0.39 is 5.97 Å². The topological polar surface area (TPSA) is 73.9 Å². The van der Waals surface area contributed by atoms with Gasteiger partial charge in [-0.15, -0.1) is 0 Å². The minimum absolute atomic E-state index is 0. The molecule has 6 heteroatoms. The third-order valence-electron chi connectivity index (χ3n) is 2.27. The first-order valence-corrected chi connectivity index (χ1v) is 5.19. The van der Waals surface area contributed by atoms with E-state index in [1.54, 1.807) is 12.1 Å². The molecular weight excluding hydrogens is 250 g/mol. The second kappa shape index (κ2) is 7.97. The van der Waals surface area contributed by atoms with E-state index in [-0.39, 0.29) is 19.9 Å². The van der Waals surface area contributed by atoms with Crippen molar-refractivity contribution in [1.82, 2.24) is 5.32 Å². The van der Waals surface area contributed by atoms with E-state index in [4.69, 9.17) is 9.47 Å². The lowest BCUT2D eigenvalue weighted by molar-refractivity contribution is -0.139. The zero-order chi connectivity index (χ0) is 13.5. The zero-order valence-corrected chi connectivity index (χ0v) is 10.5. The minimum atomic E-state index is -0.510. The van der Waals surface area contributed by atoms with Crippen molar-refractivity contribution < 1.29 is 23.8 Å². The molecular formula is C13H19NO5. The normalized spacial score (nSPS) is 9.00.